The normalized spacial score (nSPS) is 18.0. The maximum Gasteiger partial charge on any atom is 0.238 e. The van der Waals surface area contributed by atoms with E-state index in [2.05, 4.69) is 41.4 Å². The first-order valence-electron chi connectivity index (χ1n) is 6.89. The lowest BCUT2D eigenvalue weighted by Crippen LogP contribution is -2.59. The van der Waals surface area contributed by atoms with E-state index in [1.165, 1.54) is 11.1 Å². The van der Waals surface area contributed by atoms with E-state index < -0.39 is 5.54 Å². The highest BCUT2D eigenvalue weighted by Gasteiger charge is 2.34. The van der Waals surface area contributed by atoms with Crippen LogP contribution in [0.25, 0.3) is 0 Å². The van der Waals surface area contributed by atoms with Crippen LogP contribution < -0.4 is 11.1 Å². The topological polar surface area (TPSA) is 58.4 Å². The summed E-state index contributed by atoms with van der Waals surface area (Å²) >= 11 is 0. The molecule has 1 aromatic rings. The summed E-state index contributed by atoms with van der Waals surface area (Å²) in [5.41, 5.74) is 7.62. The number of nitrogens with one attached hydrogen (secondary N) is 1. The molecule has 1 heterocycles. The molecule has 0 saturated heterocycles. The van der Waals surface area contributed by atoms with Gasteiger partial charge in [-0.15, -0.1) is 0 Å². The molecule has 1 unspecified atom stereocenters. The lowest BCUT2D eigenvalue weighted by atomic mass is 10.0. The van der Waals surface area contributed by atoms with Crippen LogP contribution >= 0.6 is 0 Å². The van der Waals surface area contributed by atoms with Gasteiger partial charge in [0.15, 0.2) is 0 Å². The Kier molecular flexibility index (Phi) is 4.22. The number of amides is 1. The maximum atomic E-state index is 11.7. The number of hydrogen-bond acceptors (Lipinski definition) is 3. The molecular formula is C15H23N3O. The van der Waals surface area contributed by atoms with E-state index in [1.54, 1.807) is 0 Å². The minimum atomic E-state index is -0.655. The predicted molar refractivity (Wildman–Crippen MR) is 76.4 cm³/mol. The van der Waals surface area contributed by atoms with Gasteiger partial charge in [0, 0.05) is 19.6 Å². The van der Waals surface area contributed by atoms with Gasteiger partial charge in [0.2, 0.25) is 5.91 Å². The minimum absolute atomic E-state index is 0.281. The molecule has 1 aromatic carbocycles. The van der Waals surface area contributed by atoms with E-state index in [1.807, 2.05) is 6.92 Å². The second-order valence-electron chi connectivity index (χ2n) is 5.54. The zero-order valence-electron chi connectivity index (χ0n) is 11.8. The van der Waals surface area contributed by atoms with Gasteiger partial charge < -0.3 is 11.1 Å². The number of carbonyl (C=O) groups is 1. The molecular weight excluding hydrogens is 238 g/mol. The molecule has 4 heteroatoms. The van der Waals surface area contributed by atoms with Crippen LogP contribution in [0.1, 0.15) is 31.4 Å². The van der Waals surface area contributed by atoms with Crippen molar-refractivity contribution in [3.05, 3.63) is 35.4 Å². The first-order valence-corrected chi connectivity index (χ1v) is 6.89. The van der Waals surface area contributed by atoms with Crippen molar-refractivity contribution in [2.75, 3.05) is 13.1 Å². The van der Waals surface area contributed by atoms with E-state index in [9.17, 15) is 4.79 Å². The second-order valence-corrected chi connectivity index (χ2v) is 5.54. The number of hydrogen-bond donors (Lipinski definition) is 2. The molecule has 0 radical (unpaired) electrons. The SMILES string of the molecule is CCCNC(C)(CN1Cc2ccccc2C1)C(N)=O. The van der Waals surface area contributed by atoms with E-state index in [-0.39, 0.29) is 5.91 Å². The molecule has 4 nitrogen and oxygen atoms in total. The quantitative estimate of drug-likeness (QED) is 0.810. The van der Waals surface area contributed by atoms with Crippen LogP contribution in [0, 0.1) is 0 Å². The lowest BCUT2D eigenvalue weighted by Gasteiger charge is -2.31. The van der Waals surface area contributed by atoms with E-state index >= 15 is 0 Å². The molecule has 2 rings (SSSR count). The highest BCUT2D eigenvalue weighted by Crippen LogP contribution is 2.23. The molecule has 0 fully saturated rings. The van der Waals surface area contributed by atoms with Crippen LogP contribution in [0.5, 0.6) is 0 Å². The smallest absolute Gasteiger partial charge is 0.238 e. The Morgan fingerprint density at radius 3 is 2.42 bits per heavy atom. The van der Waals surface area contributed by atoms with E-state index in [0.717, 1.165) is 26.1 Å². The number of fused-ring (bicyclic) bond motifs is 1. The van der Waals surface area contributed by atoms with Gasteiger partial charge in [-0.25, -0.2) is 0 Å². The van der Waals surface area contributed by atoms with Crippen molar-refractivity contribution in [1.29, 1.82) is 0 Å². The van der Waals surface area contributed by atoms with Crippen molar-refractivity contribution in [2.45, 2.75) is 38.9 Å². The fraction of sp³-hybridized carbons (Fsp3) is 0.533. The van der Waals surface area contributed by atoms with E-state index in [4.69, 9.17) is 5.73 Å². The minimum Gasteiger partial charge on any atom is -0.368 e. The number of primary amides is 1. The van der Waals surface area contributed by atoms with Gasteiger partial charge in [0.05, 0.1) is 0 Å². The summed E-state index contributed by atoms with van der Waals surface area (Å²) in [6.45, 7) is 7.23. The number of rotatable bonds is 6. The Morgan fingerprint density at radius 1 is 1.37 bits per heavy atom. The molecule has 1 aliphatic heterocycles. The maximum absolute atomic E-state index is 11.7. The first kappa shape index (κ1) is 14.0. The predicted octanol–water partition coefficient (Wildman–Crippen LogP) is 1.25. The first-order chi connectivity index (χ1) is 9.05. The Labute approximate surface area is 115 Å². The molecule has 1 amide bonds. The molecule has 0 aliphatic carbocycles. The number of nitrogens with two attached hydrogens (primary N) is 1. The number of benzene rings is 1. The summed E-state index contributed by atoms with van der Waals surface area (Å²) < 4.78 is 0. The fourth-order valence-electron chi connectivity index (χ4n) is 2.58. The van der Waals surface area contributed by atoms with Crippen LogP contribution in [0.4, 0.5) is 0 Å². The van der Waals surface area contributed by atoms with Crippen molar-refractivity contribution < 1.29 is 4.79 Å². The van der Waals surface area contributed by atoms with Crippen molar-refractivity contribution in [1.82, 2.24) is 10.2 Å². The van der Waals surface area contributed by atoms with Gasteiger partial charge in [-0.05, 0) is 31.0 Å². The second kappa shape index (κ2) is 5.72. The fourth-order valence-corrected chi connectivity index (χ4v) is 2.58. The summed E-state index contributed by atoms with van der Waals surface area (Å²) in [7, 11) is 0. The molecule has 19 heavy (non-hydrogen) atoms. The summed E-state index contributed by atoms with van der Waals surface area (Å²) in [5.74, 6) is -0.281. The summed E-state index contributed by atoms with van der Waals surface area (Å²) in [4.78, 5) is 14.0. The standard InChI is InChI=1S/C15H23N3O/c1-3-8-17-15(2,14(16)19)11-18-9-12-6-4-5-7-13(12)10-18/h4-7,17H,3,8-11H2,1-2H3,(H2,16,19). The summed E-state index contributed by atoms with van der Waals surface area (Å²) in [5, 5.41) is 3.28. The summed E-state index contributed by atoms with van der Waals surface area (Å²) in [6.07, 6.45) is 0.989. The average Bonchev–Trinajstić information content (AvgIpc) is 2.78. The highest BCUT2D eigenvalue weighted by molar-refractivity contribution is 5.84. The van der Waals surface area contributed by atoms with Crippen molar-refractivity contribution in [3.63, 3.8) is 0 Å². The summed E-state index contributed by atoms with van der Waals surface area (Å²) in [6, 6.07) is 8.42. The van der Waals surface area contributed by atoms with Gasteiger partial charge in [0.25, 0.3) is 0 Å². The molecule has 0 spiro atoms. The molecule has 1 atom stereocenters. The Bertz CT molecular complexity index is 435. The van der Waals surface area contributed by atoms with Crippen LogP contribution in [0.2, 0.25) is 0 Å². The molecule has 1 aliphatic rings. The van der Waals surface area contributed by atoms with Gasteiger partial charge in [-0.2, -0.15) is 0 Å². The van der Waals surface area contributed by atoms with Gasteiger partial charge in [0.1, 0.15) is 5.54 Å². The third-order valence-corrected chi connectivity index (χ3v) is 3.76. The molecule has 0 aromatic heterocycles. The molecule has 3 N–H and O–H groups in total. The van der Waals surface area contributed by atoms with Crippen molar-refractivity contribution in [2.24, 2.45) is 5.73 Å². The van der Waals surface area contributed by atoms with Crippen LogP contribution in [-0.4, -0.2) is 29.4 Å². The van der Waals surface area contributed by atoms with Crippen LogP contribution in [0.15, 0.2) is 24.3 Å². The third kappa shape index (κ3) is 3.14. The monoisotopic (exact) mass is 261 g/mol. The largest absolute Gasteiger partial charge is 0.368 e. The Hall–Kier alpha value is -1.39. The van der Waals surface area contributed by atoms with Gasteiger partial charge in [-0.1, -0.05) is 31.2 Å². The number of carbonyl (C=O) groups excluding carboxylic acids is 1. The highest BCUT2D eigenvalue weighted by atomic mass is 16.1. The average molecular weight is 261 g/mol. The molecule has 0 bridgehead atoms. The van der Waals surface area contributed by atoms with E-state index in [0.29, 0.717) is 6.54 Å². The van der Waals surface area contributed by atoms with Crippen LogP contribution in [-0.2, 0) is 17.9 Å². The Balaban J connectivity index is 2.02. The van der Waals surface area contributed by atoms with Crippen LogP contribution in [0.3, 0.4) is 0 Å². The van der Waals surface area contributed by atoms with Crippen molar-refractivity contribution >= 4 is 5.91 Å². The Morgan fingerprint density at radius 2 is 1.95 bits per heavy atom. The zero-order chi connectivity index (χ0) is 13.9. The molecule has 104 valence electrons. The number of nitrogens with zero attached hydrogens (tertiary/aromatic N) is 1. The zero-order valence-corrected chi connectivity index (χ0v) is 11.8. The van der Waals surface area contributed by atoms with Gasteiger partial charge >= 0.3 is 0 Å². The molecule has 0 saturated carbocycles. The van der Waals surface area contributed by atoms with Crippen molar-refractivity contribution in [3.8, 4) is 0 Å². The lowest BCUT2D eigenvalue weighted by molar-refractivity contribution is -0.124. The van der Waals surface area contributed by atoms with Gasteiger partial charge in [-0.3, -0.25) is 9.69 Å². The third-order valence-electron chi connectivity index (χ3n) is 3.76.